The average molecular weight is 492 g/mol. The topological polar surface area (TPSA) is 75.6 Å². The second-order valence-corrected chi connectivity index (χ2v) is 8.96. The molecular weight excluding hydrogens is 457 g/mol. The smallest absolute Gasteiger partial charge is 0.305 e. The third-order valence-corrected chi connectivity index (χ3v) is 6.12. The van der Waals surface area contributed by atoms with Gasteiger partial charge in [-0.15, -0.1) is 0 Å². The maximum Gasteiger partial charge on any atom is 0.305 e. The minimum Gasteiger partial charge on any atom is -0.486 e. The third kappa shape index (κ3) is 7.94. The first kappa shape index (κ1) is 26.9. The maximum absolute atomic E-state index is 13.5. The molecule has 0 saturated heterocycles. The number of hydrogen-bond acceptors (Lipinski definition) is 3. The third-order valence-electron chi connectivity index (χ3n) is 6.12. The first-order chi connectivity index (χ1) is 17.4. The van der Waals surface area contributed by atoms with Gasteiger partial charge in [0.2, 0.25) is 0 Å². The van der Waals surface area contributed by atoms with E-state index in [-0.39, 0.29) is 30.8 Å². The summed E-state index contributed by atoms with van der Waals surface area (Å²) in [7, 11) is 0. The predicted molar refractivity (Wildman–Crippen MR) is 140 cm³/mol. The van der Waals surface area contributed by atoms with Crippen molar-refractivity contribution in [2.45, 2.75) is 58.5 Å². The second-order valence-electron chi connectivity index (χ2n) is 8.96. The summed E-state index contributed by atoms with van der Waals surface area (Å²) in [5.74, 6) is -0.746. The molecule has 0 aliphatic heterocycles. The van der Waals surface area contributed by atoms with E-state index in [1.807, 2.05) is 43.3 Å². The van der Waals surface area contributed by atoms with Crippen LogP contribution in [0.15, 0.2) is 66.7 Å². The van der Waals surface area contributed by atoms with Crippen LogP contribution < -0.4 is 10.1 Å². The van der Waals surface area contributed by atoms with Gasteiger partial charge in [-0.05, 0) is 78.4 Å². The van der Waals surface area contributed by atoms with E-state index in [1.165, 1.54) is 18.6 Å². The van der Waals surface area contributed by atoms with Gasteiger partial charge in [0.1, 0.15) is 17.7 Å². The number of unbranched alkanes of at least 4 members (excludes halogenated alkanes) is 3. The second kappa shape index (κ2) is 13.4. The van der Waals surface area contributed by atoms with E-state index < -0.39 is 5.97 Å². The molecule has 0 saturated carbocycles. The molecule has 5 nitrogen and oxygen atoms in total. The summed E-state index contributed by atoms with van der Waals surface area (Å²) in [6.07, 6.45) is 5.06. The highest BCUT2D eigenvalue weighted by atomic mass is 19.1. The van der Waals surface area contributed by atoms with Gasteiger partial charge in [-0.25, -0.2) is 4.39 Å². The zero-order valence-corrected chi connectivity index (χ0v) is 20.9. The molecule has 1 atom stereocenters. The number of benzene rings is 3. The molecule has 6 heteroatoms. The van der Waals surface area contributed by atoms with Crippen molar-refractivity contribution in [3.05, 3.63) is 89.2 Å². The number of halogens is 1. The van der Waals surface area contributed by atoms with Crippen LogP contribution in [0.1, 0.15) is 73.0 Å². The Morgan fingerprint density at radius 1 is 0.972 bits per heavy atom. The minimum absolute atomic E-state index is 0.0898. The summed E-state index contributed by atoms with van der Waals surface area (Å²) in [6, 6.07) is 19.9. The lowest BCUT2D eigenvalue weighted by molar-refractivity contribution is -0.136. The van der Waals surface area contributed by atoms with Crippen LogP contribution in [-0.2, 0) is 4.79 Å². The van der Waals surface area contributed by atoms with Gasteiger partial charge in [0, 0.05) is 12.1 Å². The normalized spacial score (nSPS) is 11.6. The minimum atomic E-state index is -0.949. The Hall–Kier alpha value is -3.67. The number of amides is 1. The van der Waals surface area contributed by atoms with Gasteiger partial charge in [0.25, 0.3) is 5.91 Å². The van der Waals surface area contributed by atoms with Crippen molar-refractivity contribution in [2.24, 2.45) is 0 Å². The van der Waals surface area contributed by atoms with Crippen LogP contribution in [0.4, 0.5) is 4.39 Å². The van der Waals surface area contributed by atoms with E-state index in [1.54, 1.807) is 18.2 Å². The highest BCUT2D eigenvalue weighted by Crippen LogP contribution is 2.30. The van der Waals surface area contributed by atoms with Gasteiger partial charge in [-0.2, -0.15) is 0 Å². The van der Waals surface area contributed by atoms with Gasteiger partial charge in [0.15, 0.2) is 0 Å². The Morgan fingerprint density at radius 2 is 1.69 bits per heavy atom. The number of hydrogen-bond donors (Lipinski definition) is 2. The van der Waals surface area contributed by atoms with Crippen LogP contribution in [-0.4, -0.2) is 23.5 Å². The summed E-state index contributed by atoms with van der Waals surface area (Å²) >= 11 is 0. The number of carbonyl (C=O) groups excluding carboxylic acids is 1. The van der Waals surface area contributed by atoms with E-state index in [9.17, 15) is 14.0 Å². The Morgan fingerprint density at radius 3 is 2.33 bits per heavy atom. The lowest BCUT2D eigenvalue weighted by Crippen LogP contribution is -2.26. The molecule has 0 aliphatic carbocycles. The molecule has 0 spiro atoms. The zero-order valence-electron chi connectivity index (χ0n) is 20.9. The fourth-order valence-corrected chi connectivity index (χ4v) is 4.11. The van der Waals surface area contributed by atoms with Crippen molar-refractivity contribution < 1.29 is 23.8 Å². The van der Waals surface area contributed by atoms with E-state index in [0.717, 1.165) is 53.7 Å². The summed E-state index contributed by atoms with van der Waals surface area (Å²) in [5, 5.41) is 11.4. The van der Waals surface area contributed by atoms with E-state index in [4.69, 9.17) is 9.84 Å². The monoisotopic (exact) mass is 491 g/mol. The molecule has 1 amide bonds. The standard InChI is InChI=1S/C30H34FNO4/c1-3-4-5-6-7-28(23-8-10-24(11-9-23)30(35)32-19-18-29(33)34)36-26-15-12-22(13-16-26)27-17-14-25(31)20-21(27)2/h8-17,20,28H,3-7,18-19H2,1-2H3,(H,32,35)(H,33,34). The molecule has 0 heterocycles. The summed E-state index contributed by atoms with van der Waals surface area (Å²) in [5.41, 5.74) is 4.32. The molecule has 0 bridgehead atoms. The largest absolute Gasteiger partial charge is 0.486 e. The van der Waals surface area contributed by atoms with Crippen LogP contribution in [0.3, 0.4) is 0 Å². The first-order valence-corrected chi connectivity index (χ1v) is 12.5. The Balaban J connectivity index is 1.71. The highest BCUT2D eigenvalue weighted by molar-refractivity contribution is 5.94. The first-order valence-electron chi connectivity index (χ1n) is 12.5. The zero-order chi connectivity index (χ0) is 25.9. The lowest BCUT2D eigenvalue weighted by Gasteiger charge is -2.20. The SMILES string of the molecule is CCCCCCC(Oc1ccc(-c2ccc(F)cc2C)cc1)c1ccc(C(=O)NCCC(=O)O)cc1. The number of carboxylic acids is 1. The number of nitrogens with one attached hydrogen (secondary N) is 1. The van der Waals surface area contributed by atoms with E-state index >= 15 is 0 Å². The molecular formula is C30H34FNO4. The fourth-order valence-electron chi connectivity index (χ4n) is 4.11. The number of carboxylic acid groups (broad SMARTS) is 1. The van der Waals surface area contributed by atoms with Crippen molar-refractivity contribution >= 4 is 11.9 Å². The van der Waals surface area contributed by atoms with Gasteiger partial charge in [-0.3, -0.25) is 9.59 Å². The van der Waals surface area contributed by atoms with Gasteiger partial charge in [-0.1, -0.05) is 56.5 Å². The molecule has 1 unspecified atom stereocenters. The van der Waals surface area contributed by atoms with Crippen LogP contribution in [0.2, 0.25) is 0 Å². The Bertz CT molecular complexity index is 1140. The quantitative estimate of drug-likeness (QED) is 0.250. The maximum atomic E-state index is 13.5. The van der Waals surface area contributed by atoms with Crippen LogP contribution in [0.5, 0.6) is 5.75 Å². The fraction of sp³-hybridized carbons (Fsp3) is 0.333. The lowest BCUT2D eigenvalue weighted by atomic mass is 10.00. The summed E-state index contributed by atoms with van der Waals surface area (Å²) < 4.78 is 19.9. The van der Waals surface area contributed by atoms with Crippen LogP contribution in [0.25, 0.3) is 11.1 Å². The molecule has 0 fully saturated rings. The van der Waals surface area contributed by atoms with Crippen LogP contribution in [0, 0.1) is 12.7 Å². The van der Waals surface area contributed by atoms with Gasteiger partial charge in [0.05, 0.1) is 6.42 Å². The molecule has 0 aromatic heterocycles. The molecule has 0 aliphatic rings. The number of ether oxygens (including phenoxy) is 1. The Kier molecular flexibility index (Phi) is 10.0. The average Bonchev–Trinajstić information content (AvgIpc) is 2.86. The molecule has 3 rings (SSSR count). The number of aryl methyl sites for hydroxylation is 1. The van der Waals surface area contributed by atoms with Crippen molar-refractivity contribution in [1.29, 1.82) is 0 Å². The van der Waals surface area contributed by atoms with Crippen molar-refractivity contribution in [1.82, 2.24) is 5.32 Å². The van der Waals surface area contributed by atoms with Gasteiger partial charge < -0.3 is 15.2 Å². The number of aliphatic carboxylic acids is 1. The van der Waals surface area contributed by atoms with Crippen molar-refractivity contribution in [2.75, 3.05) is 6.54 Å². The van der Waals surface area contributed by atoms with E-state index in [0.29, 0.717) is 5.56 Å². The Labute approximate surface area is 212 Å². The molecule has 190 valence electrons. The summed E-state index contributed by atoms with van der Waals surface area (Å²) in [6.45, 7) is 4.16. The van der Waals surface area contributed by atoms with Crippen molar-refractivity contribution in [3.63, 3.8) is 0 Å². The van der Waals surface area contributed by atoms with Crippen LogP contribution >= 0.6 is 0 Å². The number of carbonyl (C=O) groups is 2. The van der Waals surface area contributed by atoms with Crippen molar-refractivity contribution in [3.8, 4) is 16.9 Å². The predicted octanol–water partition coefficient (Wildman–Crippen LogP) is 7.10. The molecule has 3 aromatic rings. The molecule has 36 heavy (non-hydrogen) atoms. The molecule has 3 aromatic carbocycles. The molecule has 0 radical (unpaired) electrons. The number of rotatable bonds is 13. The van der Waals surface area contributed by atoms with E-state index in [2.05, 4.69) is 12.2 Å². The van der Waals surface area contributed by atoms with Gasteiger partial charge >= 0.3 is 5.97 Å². The molecule has 2 N–H and O–H groups in total. The summed E-state index contributed by atoms with van der Waals surface area (Å²) in [4.78, 5) is 22.9. The highest BCUT2D eigenvalue weighted by Gasteiger charge is 2.15.